The van der Waals surface area contributed by atoms with E-state index >= 15 is 0 Å². The van der Waals surface area contributed by atoms with Crippen molar-refractivity contribution < 1.29 is 0 Å². The minimum atomic E-state index is 0.450. The molecule has 2 nitrogen and oxygen atoms in total. The third-order valence-corrected chi connectivity index (χ3v) is 3.71. The topological polar surface area (TPSA) is 25.8 Å². The van der Waals surface area contributed by atoms with E-state index in [1.165, 1.54) is 0 Å². The summed E-state index contributed by atoms with van der Waals surface area (Å²) in [5.74, 6) is 0.601. The van der Waals surface area contributed by atoms with Crippen molar-refractivity contribution in [1.82, 2.24) is 9.97 Å². The lowest BCUT2D eigenvalue weighted by Crippen LogP contribution is -1.95. The van der Waals surface area contributed by atoms with Crippen molar-refractivity contribution in [1.29, 1.82) is 0 Å². The van der Waals surface area contributed by atoms with Gasteiger partial charge in [0.05, 0.1) is 5.02 Å². The number of halogens is 3. The van der Waals surface area contributed by atoms with Gasteiger partial charge in [0.2, 0.25) is 0 Å². The summed E-state index contributed by atoms with van der Waals surface area (Å²) in [5, 5.41) is 1.08. The summed E-state index contributed by atoms with van der Waals surface area (Å²) in [5.41, 5.74) is 1.77. The molecule has 2 aromatic rings. The number of rotatable bonds is 2. The molecular formula is C12H9BrCl2N2. The first-order valence-electron chi connectivity index (χ1n) is 5.09. The average molecular weight is 332 g/mol. The van der Waals surface area contributed by atoms with Gasteiger partial charge in [-0.05, 0) is 46.6 Å². The van der Waals surface area contributed by atoms with Crippen LogP contribution in [0, 0.1) is 0 Å². The molecule has 2 rings (SSSR count). The lowest BCUT2D eigenvalue weighted by atomic mass is 10.2. The van der Waals surface area contributed by atoms with E-state index in [4.69, 9.17) is 23.2 Å². The second kappa shape index (κ2) is 5.34. The zero-order chi connectivity index (χ0) is 12.4. The van der Waals surface area contributed by atoms with Crippen molar-refractivity contribution in [2.45, 2.75) is 13.3 Å². The predicted molar refractivity (Wildman–Crippen MR) is 74.6 cm³/mol. The molecule has 0 fully saturated rings. The standard InChI is InChI=1S/C12H9BrCl2N2/c1-2-8-6-11(15)17-12(16-8)7-3-4-9(13)10(14)5-7/h3-6H,2H2,1H3. The fourth-order valence-electron chi connectivity index (χ4n) is 1.41. The molecule has 0 amide bonds. The van der Waals surface area contributed by atoms with Gasteiger partial charge in [0, 0.05) is 15.7 Å². The molecule has 0 atom stereocenters. The molecular weight excluding hydrogens is 323 g/mol. The van der Waals surface area contributed by atoms with Crippen LogP contribution in [-0.4, -0.2) is 9.97 Å². The van der Waals surface area contributed by atoms with Gasteiger partial charge in [-0.25, -0.2) is 9.97 Å². The van der Waals surface area contributed by atoms with Gasteiger partial charge in [-0.15, -0.1) is 0 Å². The van der Waals surface area contributed by atoms with Gasteiger partial charge in [0.1, 0.15) is 5.15 Å². The highest BCUT2D eigenvalue weighted by atomic mass is 79.9. The lowest BCUT2D eigenvalue weighted by molar-refractivity contribution is 1.01. The van der Waals surface area contributed by atoms with Crippen LogP contribution in [0.15, 0.2) is 28.7 Å². The molecule has 0 saturated heterocycles. The molecule has 0 aliphatic heterocycles. The molecule has 5 heteroatoms. The molecule has 0 spiro atoms. The Labute approximate surface area is 118 Å². The highest BCUT2D eigenvalue weighted by Crippen LogP contribution is 2.27. The molecule has 0 saturated carbocycles. The van der Waals surface area contributed by atoms with E-state index in [9.17, 15) is 0 Å². The third kappa shape index (κ3) is 2.97. The van der Waals surface area contributed by atoms with Gasteiger partial charge in [0.25, 0.3) is 0 Å². The quantitative estimate of drug-likeness (QED) is 0.740. The summed E-state index contributed by atoms with van der Waals surface area (Å²) < 4.78 is 0.848. The van der Waals surface area contributed by atoms with Crippen molar-refractivity contribution in [2.75, 3.05) is 0 Å². The zero-order valence-corrected chi connectivity index (χ0v) is 12.1. The van der Waals surface area contributed by atoms with E-state index in [1.54, 1.807) is 6.07 Å². The molecule has 1 aromatic heterocycles. The molecule has 0 unspecified atom stereocenters. The Morgan fingerprint density at radius 3 is 2.59 bits per heavy atom. The Hall–Kier alpha value is -0.640. The second-order valence-corrected chi connectivity index (χ2v) is 5.14. The van der Waals surface area contributed by atoms with E-state index in [-0.39, 0.29) is 0 Å². The predicted octanol–water partition coefficient (Wildman–Crippen LogP) is 4.78. The SMILES string of the molecule is CCc1cc(Cl)nc(-c2ccc(Br)c(Cl)c2)n1. The van der Waals surface area contributed by atoms with E-state index in [1.807, 2.05) is 25.1 Å². The van der Waals surface area contributed by atoms with Crippen LogP contribution >= 0.6 is 39.1 Å². The van der Waals surface area contributed by atoms with Gasteiger partial charge >= 0.3 is 0 Å². The molecule has 0 aliphatic rings. The Morgan fingerprint density at radius 2 is 1.94 bits per heavy atom. The number of aryl methyl sites for hydroxylation is 1. The Kier molecular flexibility index (Phi) is 4.02. The van der Waals surface area contributed by atoms with Crippen LogP contribution in [0.25, 0.3) is 11.4 Å². The smallest absolute Gasteiger partial charge is 0.161 e. The molecule has 17 heavy (non-hydrogen) atoms. The van der Waals surface area contributed by atoms with Gasteiger partial charge in [-0.2, -0.15) is 0 Å². The van der Waals surface area contributed by atoms with E-state index in [2.05, 4.69) is 25.9 Å². The highest BCUT2D eigenvalue weighted by molar-refractivity contribution is 9.10. The van der Waals surface area contributed by atoms with Crippen LogP contribution in [0.4, 0.5) is 0 Å². The number of hydrogen-bond donors (Lipinski definition) is 0. The lowest BCUT2D eigenvalue weighted by Gasteiger charge is -2.05. The Balaban J connectivity index is 2.52. The normalized spacial score (nSPS) is 10.6. The summed E-state index contributed by atoms with van der Waals surface area (Å²) in [4.78, 5) is 8.63. The molecule has 88 valence electrons. The maximum Gasteiger partial charge on any atom is 0.161 e. The van der Waals surface area contributed by atoms with Crippen molar-refractivity contribution >= 4 is 39.1 Å². The summed E-state index contributed by atoms with van der Waals surface area (Å²) >= 11 is 15.3. The summed E-state index contributed by atoms with van der Waals surface area (Å²) in [6.07, 6.45) is 0.819. The van der Waals surface area contributed by atoms with Gasteiger partial charge in [-0.3, -0.25) is 0 Å². The van der Waals surface area contributed by atoms with E-state index < -0.39 is 0 Å². The van der Waals surface area contributed by atoms with Crippen LogP contribution in [-0.2, 0) is 6.42 Å². The fraction of sp³-hybridized carbons (Fsp3) is 0.167. The Morgan fingerprint density at radius 1 is 1.18 bits per heavy atom. The van der Waals surface area contributed by atoms with Crippen molar-refractivity contribution in [3.8, 4) is 11.4 Å². The van der Waals surface area contributed by atoms with Crippen molar-refractivity contribution in [2.24, 2.45) is 0 Å². The monoisotopic (exact) mass is 330 g/mol. The summed E-state index contributed by atoms with van der Waals surface area (Å²) in [6.45, 7) is 2.02. The first-order chi connectivity index (χ1) is 8.10. The molecule has 1 aromatic carbocycles. The zero-order valence-electron chi connectivity index (χ0n) is 9.04. The van der Waals surface area contributed by atoms with E-state index in [0.29, 0.717) is 16.0 Å². The maximum absolute atomic E-state index is 6.04. The molecule has 0 aliphatic carbocycles. The van der Waals surface area contributed by atoms with Crippen LogP contribution in [0.2, 0.25) is 10.2 Å². The van der Waals surface area contributed by atoms with Gasteiger partial charge in [-0.1, -0.05) is 30.1 Å². The maximum atomic E-state index is 6.04. The molecule has 0 radical (unpaired) electrons. The van der Waals surface area contributed by atoms with Crippen LogP contribution in [0.1, 0.15) is 12.6 Å². The molecule has 0 N–H and O–H groups in total. The number of aromatic nitrogens is 2. The first-order valence-corrected chi connectivity index (χ1v) is 6.64. The first kappa shape index (κ1) is 12.8. The van der Waals surface area contributed by atoms with Crippen LogP contribution in [0.3, 0.4) is 0 Å². The van der Waals surface area contributed by atoms with Crippen LogP contribution < -0.4 is 0 Å². The molecule has 1 heterocycles. The van der Waals surface area contributed by atoms with Gasteiger partial charge < -0.3 is 0 Å². The van der Waals surface area contributed by atoms with Gasteiger partial charge in [0.15, 0.2) is 5.82 Å². The summed E-state index contributed by atoms with van der Waals surface area (Å²) in [7, 11) is 0. The fourth-order valence-corrected chi connectivity index (χ4v) is 2.04. The molecule has 0 bridgehead atoms. The minimum absolute atomic E-state index is 0.450. The minimum Gasteiger partial charge on any atom is -0.233 e. The van der Waals surface area contributed by atoms with Crippen LogP contribution in [0.5, 0.6) is 0 Å². The number of benzene rings is 1. The van der Waals surface area contributed by atoms with Crippen molar-refractivity contribution in [3.63, 3.8) is 0 Å². The van der Waals surface area contributed by atoms with Crippen molar-refractivity contribution in [3.05, 3.63) is 44.6 Å². The van der Waals surface area contributed by atoms with E-state index in [0.717, 1.165) is 22.2 Å². The Bertz CT molecular complexity index is 558. The highest BCUT2D eigenvalue weighted by Gasteiger charge is 2.07. The summed E-state index contributed by atoms with van der Waals surface area (Å²) in [6, 6.07) is 7.36. The third-order valence-electron chi connectivity index (χ3n) is 2.29. The largest absolute Gasteiger partial charge is 0.233 e. The average Bonchev–Trinajstić information content (AvgIpc) is 2.32. The second-order valence-electron chi connectivity index (χ2n) is 3.49. The number of hydrogen-bond acceptors (Lipinski definition) is 2. The number of nitrogens with zero attached hydrogens (tertiary/aromatic N) is 2.